The Labute approximate surface area is 586 Å². The molecule has 0 fully saturated rings. The van der Waals surface area contributed by atoms with Gasteiger partial charge in [0.05, 0.1) is 57.4 Å². The molecule has 6 unspecified atom stereocenters. The van der Waals surface area contributed by atoms with Gasteiger partial charge in [-0.25, -0.2) is 53.9 Å². The number of aromatic hydroxyl groups is 3. The van der Waals surface area contributed by atoms with Crippen molar-refractivity contribution in [2.24, 2.45) is 10.3 Å². The van der Waals surface area contributed by atoms with E-state index in [1.165, 1.54) is 117 Å². The second-order valence-electron chi connectivity index (χ2n) is 26.7. The molecule has 548 valence electrons. The molecule has 0 amide bonds. The number of oxime groups is 2. The average Bonchev–Trinajstić information content (AvgIpc) is 0.758. The van der Waals surface area contributed by atoms with Crippen molar-refractivity contribution < 1.29 is 98.6 Å². The lowest BCUT2D eigenvalue weighted by Gasteiger charge is -2.44. The summed E-state index contributed by atoms with van der Waals surface area (Å²) in [6, 6.07) is 11.1. The maximum Gasteiger partial charge on any atom is 0.330 e. The Morgan fingerprint density at radius 1 is 0.480 bits per heavy atom. The fraction of sp³-hybridized carbons (Fsp3) is 0.368. The summed E-state index contributed by atoms with van der Waals surface area (Å²) in [5.41, 5.74) is -2.05. The summed E-state index contributed by atoms with van der Waals surface area (Å²) in [6.45, 7) is 13.4. The molecule has 3 aliphatic heterocycles. The number of rotatable bonds is 18. The second kappa shape index (κ2) is 33.8. The summed E-state index contributed by atoms with van der Waals surface area (Å²) in [5, 5.41) is 54.7. The zero-order chi connectivity index (χ0) is 74.9. The molecule has 0 spiro atoms. The third-order valence-electron chi connectivity index (χ3n) is 17.3. The van der Waals surface area contributed by atoms with Crippen LogP contribution >= 0.6 is 0 Å². The van der Waals surface area contributed by atoms with Gasteiger partial charge >= 0.3 is 17.9 Å². The number of nitrogens with zero attached hydrogens (tertiary/aromatic N) is 5. The van der Waals surface area contributed by atoms with E-state index < -0.39 is 87.9 Å². The minimum atomic E-state index is -1.66. The summed E-state index contributed by atoms with van der Waals surface area (Å²) >= 11 is 0. The van der Waals surface area contributed by atoms with Crippen molar-refractivity contribution in [1.29, 1.82) is 0 Å². The quantitative estimate of drug-likeness (QED) is 0.00787. The summed E-state index contributed by atoms with van der Waals surface area (Å²) in [5.74, 6) is -7.79. The van der Waals surface area contributed by atoms with Crippen LogP contribution in [0, 0.1) is 34.9 Å². The minimum Gasteiger partial charge on any atom is -0.507 e. The van der Waals surface area contributed by atoms with Crippen LogP contribution in [0.25, 0.3) is 18.2 Å². The number of phenolic OH excluding ortho intramolecular Hbond substituents is 3. The van der Waals surface area contributed by atoms with Gasteiger partial charge in [0.2, 0.25) is 0 Å². The molecule has 3 aliphatic rings. The Kier molecular flexibility index (Phi) is 26.9. The van der Waals surface area contributed by atoms with Crippen LogP contribution in [0.1, 0.15) is 176 Å². The molecule has 0 aromatic heterocycles. The molecule has 0 bridgehead atoms. The van der Waals surface area contributed by atoms with E-state index in [0.717, 1.165) is 67.1 Å². The van der Waals surface area contributed by atoms with Gasteiger partial charge in [0, 0.05) is 83.8 Å². The van der Waals surface area contributed by atoms with Gasteiger partial charge in [-0.05, 0) is 211 Å². The average molecular weight is 1430 g/mol. The van der Waals surface area contributed by atoms with Crippen LogP contribution in [0.2, 0.25) is 0 Å². The van der Waals surface area contributed by atoms with Crippen molar-refractivity contribution in [3.8, 4) is 17.2 Å². The van der Waals surface area contributed by atoms with Crippen LogP contribution in [0.5, 0.6) is 17.2 Å². The monoisotopic (exact) mass is 1430 g/mol. The normalized spacial score (nSPS) is 18.8. The summed E-state index contributed by atoms with van der Waals surface area (Å²) < 4.78 is 150. The second-order valence-corrected chi connectivity index (χ2v) is 26.7. The molecule has 6 aromatic rings. The lowest BCUT2D eigenvalue weighted by molar-refractivity contribution is -0.135. The van der Waals surface area contributed by atoms with Crippen LogP contribution in [0.3, 0.4) is 0 Å². The highest BCUT2D eigenvalue weighted by molar-refractivity contribution is 5.89. The SMILES string of the molecule is C.COC(=O)/C=C/c1cc(F)c(C2c3cc(/C=N/O)c(O)cc3CC(C)N2CC(C)(C)F)c(F)c1.COC(=O)/C=C/c1cc(F)c(C2c3ccc(O)c(/C=N/O)c3CC(C)N2CC(C)(C)F)c(F)c1.COC(=O)/C=C/c1cc(F)c(C2c3ccc(O)c(C=O)c3CC(C)N2CC(C)(C)F)c(F)c1. The van der Waals surface area contributed by atoms with Crippen molar-refractivity contribution in [2.75, 3.05) is 41.0 Å². The predicted octanol–water partition coefficient (Wildman–Crippen LogP) is 14.9. The lowest BCUT2D eigenvalue weighted by atomic mass is 9.81. The number of alkyl halides is 3. The zero-order valence-electron chi connectivity index (χ0n) is 57.6. The highest BCUT2D eigenvalue weighted by Crippen LogP contribution is 2.47. The van der Waals surface area contributed by atoms with Crippen LogP contribution in [0.15, 0.2) is 101 Å². The highest BCUT2D eigenvalue weighted by atomic mass is 19.2. The van der Waals surface area contributed by atoms with Gasteiger partial charge in [-0.3, -0.25) is 19.5 Å². The molecule has 0 aliphatic carbocycles. The molecule has 5 N–H and O–H groups in total. The molecule has 6 atom stereocenters. The van der Waals surface area contributed by atoms with Gasteiger partial charge in [-0.1, -0.05) is 29.9 Å². The maximum atomic E-state index is 15.4. The van der Waals surface area contributed by atoms with Crippen molar-refractivity contribution in [3.63, 3.8) is 0 Å². The van der Waals surface area contributed by atoms with Crippen molar-refractivity contribution >= 4 is 54.9 Å². The predicted molar refractivity (Wildman–Crippen MR) is 368 cm³/mol. The van der Waals surface area contributed by atoms with Crippen molar-refractivity contribution in [2.45, 2.75) is 142 Å². The van der Waals surface area contributed by atoms with E-state index in [1.54, 1.807) is 28.5 Å². The number of aldehydes is 1. The Bertz CT molecular complexity index is 4070. The first-order chi connectivity index (χ1) is 47.4. The van der Waals surface area contributed by atoms with Gasteiger partial charge in [0.1, 0.15) is 69.2 Å². The highest BCUT2D eigenvalue weighted by Gasteiger charge is 2.44. The van der Waals surface area contributed by atoms with Crippen LogP contribution in [-0.4, -0.2) is 153 Å². The van der Waals surface area contributed by atoms with Gasteiger partial charge in [0.25, 0.3) is 0 Å². The number of methoxy groups -OCH3 is 3. The lowest BCUT2D eigenvalue weighted by Crippen LogP contribution is -2.48. The smallest absolute Gasteiger partial charge is 0.330 e. The Morgan fingerprint density at radius 2 is 0.794 bits per heavy atom. The first kappa shape index (κ1) is 81.2. The third-order valence-corrected chi connectivity index (χ3v) is 17.3. The van der Waals surface area contributed by atoms with E-state index in [9.17, 15) is 47.7 Å². The number of halogens is 9. The summed E-state index contributed by atoms with van der Waals surface area (Å²) in [6.07, 6.45) is 10.5. The molecule has 0 saturated carbocycles. The molecular weight excluding hydrogens is 1350 g/mol. The van der Waals surface area contributed by atoms with Crippen LogP contribution in [0.4, 0.5) is 39.5 Å². The molecular formula is C76H84F9N5O12. The minimum absolute atomic E-state index is 0. The van der Waals surface area contributed by atoms with Gasteiger partial charge < -0.3 is 39.9 Å². The number of ether oxygens (including phenoxy) is 3. The largest absolute Gasteiger partial charge is 0.507 e. The number of hydrogen-bond acceptors (Lipinski definition) is 17. The molecule has 3 heterocycles. The number of hydrogen-bond donors (Lipinski definition) is 5. The Balaban J connectivity index is 0.000000239. The standard InChI is InChI=1S/2C25H27F3N2O4.C25H26F3NO4.CH4/c1-14-9-17-16(6-7-21(31)18(17)12-29-33)24(30(14)13-25(2,3)28)23-19(26)10-15(11-20(23)27)5-8-22(32)34-4;1-14-7-16-11-21(31)17(12-29-33)10-18(16)24(30(14)13-25(2,3)28)23-19(26)8-15(9-20(23)27)5-6-22(32)34-4;1-14-9-17-16(6-7-21(31)18(17)12-30)24(29(14)13-25(2,3)28)23-19(26)10-15(11-20(23)27)5-8-22(32)33-4;/h5-8,10-12,14,24,31,33H,9,13H2,1-4H3;5-6,8-12,14,24,31,33H,7,13H2,1-4H3;5-8,10-12,14,24,31H,9,13H2,1-4H3;1H4/b8-5+,29-12+;6-5+,29-12+;8-5+;. The van der Waals surface area contributed by atoms with E-state index in [2.05, 4.69) is 24.5 Å². The topological polar surface area (TPSA) is 232 Å². The Hall–Kier alpha value is -9.79. The number of fused-ring (bicyclic) bond motifs is 3. The van der Waals surface area contributed by atoms with E-state index in [4.69, 9.17) is 10.4 Å². The summed E-state index contributed by atoms with van der Waals surface area (Å²) in [7, 11) is 3.56. The number of phenols is 3. The van der Waals surface area contributed by atoms with Crippen molar-refractivity contribution in [1.82, 2.24) is 14.7 Å². The van der Waals surface area contributed by atoms with E-state index >= 15 is 26.3 Å². The van der Waals surface area contributed by atoms with Crippen LogP contribution in [-0.2, 0) is 47.9 Å². The Morgan fingerprint density at radius 3 is 1.11 bits per heavy atom. The molecule has 17 nitrogen and oxygen atoms in total. The number of benzene rings is 6. The molecule has 102 heavy (non-hydrogen) atoms. The zero-order valence-corrected chi connectivity index (χ0v) is 57.6. The fourth-order valence-electron chi connectivity index (χ4n) is 13.1. The number of esters is 3. The van der Waals surface area contributed by atoms with Crippen LogP contribution < -0.4 is 0 Å². The van der Waals surface area contributed by atoms with E-state index in [0.29, 0.717) is 58.9 Å². The van der Waals surface area contributed by atoms with Gasteiger partial charge in [-0.15, -0.1) is 0 Å². The first-order valence-electron chi connectivity index (χ1n) is 31.8. The third kappa shape index (κ3) is 19.4. The molecule has 9 rings (SSSR count). The molecule has 6 aromatic carbocycles. The van der Waals surface area contributed by atoms with E-state index in [-0.39, 0.29) is 113 Å². The van der Waals surface area contributed by atoms with E-state index in [1.807, 2.05) is 6.92 Å². The molecule has 0 saturated heterocycles. The van der Waals surface area contributed by atoms with Crippen molar-refractivity contribution in [3.05, 3.63) is 209 Å². The van der Waals surface area contributed by atoms with Gasteiger partial charge in [0.15, 0.2) is 6.29 Å². The molecule has 26 heteroatoms. The van der Waals surface area contributed by atoms with Gasteiger partial charge in [-0.2, -0.15) is 0 Å². The molecule has 0 radical (unpaired) electrons. The summed E-state index contributed by atoms with van der Waals surface area (Å²) in [4.78, 5) is 50.7. The number of carbonyl (C=O) groups is 4. The maximum absolute atomic E-state index is 15.4. The fourth-order valence-corrected chi connectivity index (χ4v) is 13.1. The number of carbonyl (C=O) groups excluding carboxylic acids is 4. The first-order valence-corrected chi connectivity index (χ1v) is 31.8.